The lowest BCUT2D eigenvalue weighted by atomic mass is 10.1. The first kappa shape index (κ1) is 21.7. The van der Waals surface area contributed by atoms with Crippen LogP contribution in [0.15, 0.2) is 30.5 Å². The molecule has 2 amide bonds. The van der Waals surface area contributed by atoms with Crippen molar-refractivity contribution in [2.75, 3.05) is 38.0 Å². The van der Waals surface area contributed by atoms with Gasteiger partial charge in [-0.25, -0.2) is 9.97 Å². The highest BCUT2D eigenvalue weighted by atomic mass is 35.5. The molecule has 0 spiro atoms. The Bertz CT molecular complexity index is 943. The molecule has 4 rings (SSSR count). The Morgan fingerprint density at radius 1 is 1.13 bits per heavy atom. The van der Waals surface area contributed by atoms with Gasteiger partial charge >= 0.3 is 0 Å². The summed E-state index contributed by atoms with van der Waals surface area (Å²) in [5, 5.41) is 3.45. The lowest BCUT2D eigenvalue weighted by Crippen LogP contribution is -2.41. The van der Waals surface area contributed by atoms with Crippen molar-refractivity contribution in [1.29, 1.82) is 0 Å². The number of nitrogens with zero attached hydrogens (tertiary/aromatic N) is 4. The Hall–Kier alpha value is -2.51. The predicted octanol–water partition coefficient (Wildman–Crippen LogP) is 3.49. The SMILES string of the molecule is Cc1nc([C@H]2CCN(C(=O)CN3CCCCC3)C2)ncc1C(=O)Nc1ccc(Cl)cc1. The third-order valence-corrected chi connectivity index (χ3v) is 6.31. The number of anilines is 1. The van der Waals surface area contributed by atoms with Crippen LogP contribution in [-0.4, -0.2) is 64.3 Å². The van der Waals surface area contributed by atoms with E-state index in [1.165, 1.54) is 19.3 Å². The third kappa shape index (κ3) is 5.40. The average molecular weight is 442 g/mol. The van der Waals surface area contributed by atoms with Crippen molar-refractivity contribution >= 4 is 29.1 Å². The molecule has 3 heterocycles. The van der Waals surface area contributed by atoms with Gasteiger partial charge in [0.15, 0.2) is 0 Å². The molecule has 7 nitrogen and oxygen atoms in total. The van der Waals surface area contributed by atoms with Gasteiger partial charge in [-0.05, 0) is 63.5 Å². The molecular weight excluding hydrogens is 414 g/mol. The molecule has 1 atom stereocenters. The quantitative estimate of drug-likeness (QED) is 0.768. The van der Waals surface area contributed by atoms with E-state index in [2.05, 4.69) is 20.2 Å². The second-order valence-electron chi connectivity index (χ2n) is 8.35. The molecule has 8 heteroatoms. The number of piperidine rings is 1. The zero-order chi connectivity index (χ0) is 21.8. The van der Waals surface area contributed by atoms with Gasteiger partial charge in [-0.3, -0.25) is 14.5 Å². The Morgan fingerprint density at radius 2 is 1.87 bits per heavy atom. The summed E-state index contributed by atoms with van der Waals surface area (Å²) in [5.41, 5.74) is 1.74. The van der Waals surface area contributed by atoms with Gasteiger partial charge in [0.1, 0.15) is 5.82 Å². The van der Waals surface area contributed by atoms with Crippen molar-refractivity contribution < 1.29 is 9.59 Å². The van der Waals surface area contributed by atoms with Gasteiger partial charge in [0.25, 0.3) is 5.91 Å². The maximum absolute atomic E-state index is 12.7. The number of nitrogens with one attached hydrogen (secondary N) is 1. The van der Waals surface area contributed by atoms with Crippen LogP contribution in [0, 0.1) is 6.92 Å². The number of benzene rings is 1. The number of hydrogen-bond donors (Lipinski definition) is 1. The number of rotatable bonds is 5. The molecule has 0 bridgehead atoms. The van der Waals surface area contributed by atoms with E-state index >= 15 is 0 Å². The van der Waals surface area contributed by atoms with Crippen molar-refractivity contribution in [2.45, 2.75) is 38.5 Å². The fourth-order valence-electron chi connectivity index (χ4n) is 4.24. The van der Waals surface area contributed by atoms with Crippen LogP contribution in [0.5, 0.6) is 0 Å². The largest absolute Gasteiger partial charge is 0.341 e. The summed E-state index contributed by atoms with van der Waals surface area (Å²) < 4.78 is 0. The maximum Gasteiger partial charge on any atom is 0.259 e. The Labute approximate surface area is 187 Å². The molecule has 0 aliphatic carbocycles. The highest BCUT2D eigenvalue weighted by Crippen LogP contribution is 2.26. The summed E-state index contributed by atoms with van der Waals surface area (Å²) in [4.78, 5) is 38.5. The van der Waals surface area contributed by atoms with Crippen molar-refractivity contribution in [3.8, 4) is 0 Å². The van der Waals surface area contributed by atoms with Gasteiger partial charge in [-0.15, -0.1) is 0 Å². The van der Waals surface area contributed by atoms with E-state index in [9.17, 15) is 9.59 Å². The minimum absolute atomic E-state index is 0.109. The predicted molar refractivity (Wildman–Crippen MR) is 120 cm³/mol. The Kier molecular flexibility index (Phi) is 6.83. The molecule has 2 aliphatic rings. The molecule has 2 fully saturated rings. The number of aromatic nitrogens is 2. The number of likely N-dealkylation sites (tertiary alicyclic amines) is 2. The number of carbonyl (C=O) groups excluding carboxylic acids is 2. The number of halogens is 1. The topological polar surface area (TPSA) is 78.4 Å². The Balaban J connectivity index is 1.36. The number of amides is 2. The van der Waals surface area contributed by atoms with E-state index in [0.717, 1.165) is 26.1 Å². The summed E-state index contributed by atoms with van der Waals surface area (Å²) >= 11 is 5.89. The van der Waals surface area contributed by atoms with Crippen molar-refractivity contribution in [1.82, 2.24) is 19.8 Å². The first-order valence-electron chi connectivity index (χ1n) is 10.9. The zero-order valence-electron chi connectivity index (χ0n) is 17.8. The molecular formula is C23H28ClN5O2. The van der Waals surface area contributed by atoms with Gasteiger partial charge in [0.2, 0.25) is 5.91 Å². The normalized spacial score (nSPS) is 19.4. The van der Waals surface area contributed by atoms with Crippen LogP contribution in [0.2, 0.25) is 5.02 Å². The lowest BCUT2D eigenvalue weighted by Gasteiger charge is -2.27. The minimum atomic E-state index is -0.254. The molecule has 2 saturated heterocycles. The molecule has 1 N–H and O–H groups in total. The third-order valence-electron chi connectivity index (χ3n) is 6.06. The van der Waals surface area contributed by atoms with Crippen molar-refractivity contribution in [2.24, 2.45) is 0 Å². The summed E-state index contributed by atoms with van der Waals surface area (Å²) in [7, 11) is 0. The molecule has 2 aromatic rings. The zero-order valence-corrected chi connectivity index (χ0v) is 18.6. The van der Waals surface area contributed by atoms with E-state index in [4.69, 9.17) is 11.6 Å². The van der Waals surface area contributed by atoms with Crippen LogP contribution in [0.1, 0.15) is 53.5 Å². The van der Waals surface area contributed by atoms with Crippen LogP contribution in [0.4, 0.5) is 5.69 Å². The van der Waals surface area contributed by atoms with Crippen LogP contribution in [0.25, 0.3) is 0 Å². The molecule has 0 saturated carbocycles. The van der Waals surface area contributed by atoms with Crippen LogP contribution in [-0.2, 0) is 4.79 Å². The van der Waals surface area contributed by atoms with Crippen LogP contribution in [0.3, 0.4) is 0 Å². The summed E-state index contributed by atoms with van der Waals surface area (Å²) in [5.74, 6) is 0.752. The second kappa shape index (κ2) is 9.75. The molecule has 1 aromatic carbocycles. The maximum atomic E-state index is 12.7. The van der Waals surface area contributed by atoms with Gasteiger partial charge in [-0.2, -0.15) is 0 Å². The average Bonchev–Trinajstić information content (AvgIpc) is 3.26. The van der Waals surface area contributed by atoms with Crippen molar-refractivity contribution in [3.63, 3.8) is 0 Å². The Morgan fingerprint density at radius 3 is 2.58 bits per heavy atom. The molecule has 1 aromatic heterocycles. The van der Waals surface area contributed by atoms with Gasteiger partial charge < -0.3 is 10.2 Å². The van der Waals surface area contributed by atoms with E-state index < -0.39 is 0 Å². The highest BCUT2D eigenvalue weighted by molar-refractivity contribution is 6.30. The van der Waals surface area contributed by atoms with E-state index in [-0.39, 0.29) is 17.7 Å². The number of hydrogen-bond acceptors (Lipinski definition) is 5. The first-order chi connectivity index (χ1) is 15.0. The van der Waals surface area contributed by atoms with Gasteiger partial charge in [-0.1, -0.05) is 18.0 Å². The molecule has 0 radical (unpaired) electrons. The molecule has 164 valence electrons. The standard InChI is InChI=1S/C23H28ClN5O2/c1-16-20(23(31)27-19-7-5-18(24)6-8-19)13-25-22(26-16)17-9-12-29(14-17)21(30)15-28-10-3-2-4-11-28/h5-8,13,17H,2-4,9-12,14-15H2,1H3,(H,27,31)/t17-/m0/s1. The molecule has 2 aliphatic heterocycles. The highest BCUT2D eigenvalue weighted by Gasteiger charge is 2.30. The van der Waals surface area contributed by atoms with Gasteiger partial charge in [0, 0.05) is 35.9 Å². The molecule has 0 unspecified atom stereocenters. The summed E-state index contributed by atoms with van der Waals surface area (Å²) in [6.07, 6.45) is 6.06. The minimum Gasteiger partial charge on any atom is -0.341 e. The van der Waals surface area contributed by atoms with Crippen LogP contribution >= 0.6 is 11.6 Å². The van der Waals surface area contributed by atoms with E-state index in [1.807, 2.05) is 11.8 Å². The summed E-state index contributed by atoms with van der Waals surface area (Å²) in [6.45, 7) is 5.74. The van der Waals surface area contributed by atoms with Gasteiger partial charge in [0.05, 0.1) is 17.8 Å². The fourth-order valence-corrected chi connectivity index (χ4v) is 4.37. The fraction of sp³-hybridized carbons (Fsp3) is 0.478. The second-order valence-corrected chi connectivity index (χ2v) is 8.79. The number of carbonyl (C=O) groups is 2. The van der Waals surface area contributed by atoms with Crippen molar-refractivity contribution in [3.05, 3.63) is 52.6 Å². The molecule has 31 heavy (non-hydrogen) atoms. The number of aryl methyl sites for hydroxylation is 1. The first-order valence-corrected chi connectivity index (χ1v) is 11.3. The van der Waals surface area contributed by atoms with E-state index in [0.29, 0.717) is 40.9 Å². The monoisotopic (exact) mass is 441 g/mol. The lowest BCUT2D eigenvalue weighted by molar-refractivity contribution is -0.131. The smallest absolute Gasteiger partial charge is 0.259 e. The van der Waals surface area contributed by atoms with Crippen LogP contribution < -0.4 is 5.32 Å². The van der Waals surface area contributed by atoms with E-state index in [1.54, 1.807) is 30.5 Å². The summed E-state index contributed by atoms with van der Waals surface area (Å²) in [6, 6.07) is 6.95.